The maximum Gasteiger partial charge on any atom is 0.326 e. The van der Waals surface area contributed by atoms with Gasteiger partial charge in [0.25, 0.3) is 0 Å². The number of carboxylic acid groups (broad SMARTS) is 1. The highest BCUT2D eigenvalue weighted by Crippen LogP contribution is 2.18. The van der Waals surface area contributed by atoms with Crippen molar-refractivity contribution in [2.45, 2.75) is 64.5 Å². The number of amides is 3. The number of carboxylic acids is 1. The van der Waals surface area contributed by atoms with Gasteiger partial charge in [-0.25, -0.2) is 9.59 Å². The van der Waals surface area contributed by atoms with Gasteiger partial charge < -0.3 is 21.5 Å². The first-order valence-electron chi connectivity index (χ1n) is 6.90. The van der Waals surface area contributed by atoms with Gasteiger partial charge in [0, 0.05) is 12.0 Å². The molecule has 0 heterocycles. The van der Waals surface area contributed by atoms with Crippen LogP contribution in [0.25, 0.3) is 0 Å². The molecule has 7 nitrogen and oxygen atoms in total. The van der Waals surface area contributed by atoms with Crippen molar-refractivity contribution >= 4 is 17.9 Å². The third-order valence-electron chi connectivity index (χ3n) is 3.69. The van der Waals surface area contributed by atoms with Gasteiger partial charge in [-0.15, -0.1) is 0 Å². The number of rotatable bonds is 9. The summed E-state index contributed by atoms with van der Waals surface area (Å²) < 4.78 is 0. The zero-order chi connectivity index (χ0) is 15.8. The average molecular weight is 287 g/mol. The van der Waals surface area contributed by atoms with E-state index in [1.54, 1.807) is 0 Å². The van der Waals surface area contributed by atoms with Crippen molar-refractivity contribution in [2.24, 2.45) is 5.73 Å². The second-order valence-electron chi connectivity index (χ2n) is 4.84. The van der Waals surface area contributed by atoms with Crippen molar-refractivity contribution in [3.05, 3.63) is 0 Å². The molecule has 0 aromatic rings. The van der Waals surface area contributed by atoms with Gasteiger partial charge >= 0.3 is 12.0 Å². The maximum absolute atomic E-state index is 11.9. The van der Waals surface area contributed by atoms with Gasteiger partial charge in [-0.05, 0) is 25.7 Å². The molecule has 0 aromatic heterocycles. The predicted molar refractivity (Wildman–Crippen MR) is 75.1 cm³/mol. The molecule has 116 valence electrons. The molecule has 0 aliphatic carbocycles. The standard InChI is InChI=1S/C13H25N3O4/c1-4-13(5-2,6-3)16-12(20)15-9(11(18)19)7-8-10(14)17/h9H,4-8H2,1-3H3,(H2,14,17)(H,18,19)(H2,15,16,20)/t9-/m1/s1. The van der Waals surface area contributed by atoms with Gasteiger partial charge in [0.1, 0.15) is 6.04 Å². The summed E-state index contributed by atoms with van der Waals surface area (Å²) in [6.45, 7) is 5.90. The second kappa shape index (κ2) is 8.39. The first kappa shape index (κ1) is 18.2. The van der Waals surface area contributed by atoms with Crippen LogP contribution in [-0.2, 0) is 9.59 Å². The number of hydrogen-bond donors (Lipinski definition) is 4. The van der Waals surface area contributed by atoms with E-state index in [9.17, 15) is 14.4 Å². The summed E-state index contributed by atoms with van der Waals surface area (Å²) in [4.78, 5) is 33.6. The largest absolute Gasteiger partial charge is 0.480 e. The third kappa shape index (κ3) is 5.90. The molecule has 7 heteroatoms. The van der Waals surface area contributed by atoms with Crippen molar-refractivity contribution in [2.75, 3.05) is 0 Å². The Bertz CT molecular complexity index is 345. The van der Waals surface area contributed by atoms with Crippen molar-refractivity contribution in [3.8, 4) is 0 Å². The number of hydrogen-bond acceptors (Lipinski definition) is 3. The molecule has 0 bridgehead atoms. The molecule has 1 atom stereocenters. The van der Waals surface area contributed by atoms with Gasteiger partial charge in [-0.1, -0.05) is 20.8 Å². The minimum atomic E-state index is -1.18. The van der Waals surface area contributed by atoms with E-state index in [4.69, 9.17) is 10.8 Å². The highest BCUT2D eigenvalue weighted by Gasteiger charge is 2.28. The SMILES string of the molecule is CCC(CC)(CC)NC(=O)N[C@H](CCC(N)=O)C(=O)O. The average Bonchev–Trinajstić information content (AvgIpc) is 2.40. The number of nitrogens with one attached hydrogen (secondary N) is 2. The van der Waals surface area contributed by atoms with Crippen molar-refractivity contribution in [1.82, 2.24) is 10.6 Å². The molecule has 3 amide bonds. The molecule has 0 aliphatic rings. The van der Waals surface area contributed by atoms with Crippen LogP contribution in [0.2, 0.25) is 0 Å². The Morgan fingerprint density at radius 3 is 2.00 bits per heavy atom. The number of carbonyl (C=O) groups excluding carboxylic acids is 2. The lowest BCUT2D eigenvalue weighted by molar-refractivity contribution is -0.139. The van der Waals surface area contributed by atoms with Crippen LogP contribution in [0.1, 0.15) is 52.9 Å². The van der Waals surface area contributed by atoms with E-state index < -0.39 is 23.9 Å². The fourth-order valence-electron chi connectivity index (χ4n) is 1.99. The zero-order valence-electron chi connectivity index (χ0n) is 12.4. The van der Waals surface area contributed by atoms with E-state index in [1.165, 1.54) is 0 Å². The number of urea groups is 1. The van der Waals surface area contributed by atoms with Gasteiger partial charge in [0.05, 0.1) is 0 Å². The topological polar surface area (TPSA) is 122 Å². The van der Waals surface area contributed by atoms with E-state index in [1.807, 2.05) is 20.8 Å². The van der Waals surface area contributed by atoms with Gasteiger partial charge in [-0.2, -0.15) is 0 Å². The zero-order valence-corrected chi connectivity index (χ0v) is 12.4. The van der Waals surface area contributed by atoms with Gasteiger partial charge in [0.15, 0.2) is 0 Å². The maximum atomic E-state index is 11.9. The van der Waals surface area contributed by atoms with Gasteiger partial charge in [0.2, 0.25) is 5.91 Å². The minimum Gasteiger partial charge on any atom is -0.480 e. The van der Waals surface area contributed by atoms with Crippen LogP contribution < -0.4 is 16.4 Å². The monoisotopic (exact) mass is 287 g/mol. The fraction of sp³-hybridized carbons (Fsp3) is 0.769. The lowest BCUT2D eigenvalue weighted by atomic mass is 9.90. The summed E-state index contributed by atoms with van der Waals surface area (Å²) in [5.74, 6) is -1.78. The van der Waals surface area contributed by atoms with Crippen LogP contribution in [0.5, 0.6) is 0 Å². The molecular formula is C13H25N3O4. The minimum absolute atomic E-state index is 0.0184. The third-order valence-corrected chi connectivity index (χ3v) is 3.69. The van der Waals surface area contributed by atoms with Gasteiger partial charge in [-0.3, -0.25) is 4.79 Å². The lowest BCUT2D eigenvalue weighted by Gasteiger charge is -2.32. The number of aliphatic carboxylic acids is 1. The first-order chi connectivity index (χ1) is 9.30. The molecular weight excluding hydrogens is 262 g/mol. The molecule has 0 aromatic carbocycles. The smallest absolute Gasteiger partial charge is 0.326 e. The van der Waals surface area contributed by atoms with Crippen LogP contribution in [0.15, 0.2) is 0 Å². The van der Waals surface area contributed by atoms with Crippen molar-refractivity contribution < 1.29 is 19.5 Å². The molecule has 0 fully saturated rings. The highest BCUT2D eigenvalue weighted by molar-refractivity contribution is 5.83. The van der Waals surface area contributed by atoms with Crippen LogP contribution in [-0.4, -0.2) is 34.6 Å². The van der Waals surface area contributed by atoms with Crippen molar-refractivity contribution in [1.29, 1.82) is 0 Å². The summed E-state index contributed by atoms with van der Waals surface area (Å²) in [5.41, 5.74) is 4.64. The Hall–Kier alpha value is -1.79. The second-order valence-corrected chi connectivity index (χ2v) is 4.84. The molecule has 0 saturated heterocycles. The Balaban J connectivity index is 4.60. The Morgan fingerprint density at radius 2 is 1.65 bits per heavy atom. The van der Waals surface area contributed by atoms with Crippen LogP contribution >= 0.6 is 0 Å². The highest BCUT2D eigenvalue weighted by atomic mass is 16.4. The molecule has 0 saturated carbocycles. The van der Waals surface area contributed by atoms with Crippen LogP contribution in [0.4, 0.5) is 4.79 Å². The first-order valence-corrected chi connectivity index (χ1v) is 6.90. The Morgan fingerprint density at radius 1 is 1.15 bits per heavy atom. The molecule has 0 aliphatic heterocycles. The predicted octanol–water partition coefficient (Wildman–Crippen LogP) is 0.973. The molecule has 5 N–H and O–H groups in total. The summed E-state index contributed by atoms with van der Waals surface area (Å²) in [6, 6.07) is -1.65. The van der Waals surface area contributed by atoms with E-state index >= 15 is 0 Å². The van der Waals surface area contributed by atoms with Crippen LogP contribution in [0.3, 0.4) is 0 Å². The molecule has 0 rings (SSSR count). The quantitative estimate of drug-likeness (QED) is 0.505. The number of primary amides is 1. The van der Waals surface area contributed by atoms with E-state index in [0.29, 0.717) is 0 Å². The fourth-order valence-corrected chi connectivity index (χ4v) is 1.99. The summed E-state index contributed by atoms with van der Waals surface area (Å²) >= 11 is 0. The van der Waals surface area contributed by atoms with E-state index in [-0.39, 0.29) is 18.4 Å². The summed E-state index contributed by atoms with van der Waals surface area (Å²) in [5, 5.41) is 14.2. The number of nitrogens with two attached hydrogens (primary N) is 1. The summed E-state index contributed by atoms with van der Waals surface area (Å²) in [7, 11) is 0. The Kier molecular flexibility index (Phi) is 7.64. The Labute approximate surface area is 119 Å². The van der Waals surface area contributed by atoms with E-state index in [0.717, 1.165) is 19.3 Å². The summed E-state index contributed by atoms with van der Waals surface area (Å²) in [6.07, 6.45) is 2.17. The van der Waals surface area contributed by atoms with E-state index in [2.05, 4.69) is 10.6 Å². The molecule has 20 heavy (non-hydrogen) atoms. The lowest BCUT2D eigenvalue weighted by Crippen LogP contribution is -2.54. The normalized spacial score (nSPS) is 12.6. The van der Waals surface area contributed by atoms with Crippen molar-refractivity contribution in [3.63, 3.8) is 0 Å². The molecule has 0 radical (unpaired) electrons. The molecule has 0 spiro atoms. The number of carbonyl (C=O) groups is 3. The molecule has 0 unspecified atom stereocenters. The van der Waals surface area contributed by atoms with Crippen LogP contribution in [0, 0.1) is 0 Å².